The first-order valence-corrected chi connectivity index (χ1v) is 17.4. The first kappa shape index (κ1) is 33.4. The van der Waals surface area contributed by atoms with Crippen LogP contribution in [0.4, 0.5) is 17.6 Å². The quantitative estimate of drug-likeness (QED) is 0.108. The van der Waals surface area contributed by atoms with Crippen LogP contribution in [0.3, 0.4) is 0 Å². The summed E-state index contributed by atoms with van der Waals surface area (Å²) < 4.78 is 108. The van der Waals surface area contributed by atoms with E-state index in [1.807, 2.05) is 0 Å². The first-order chi connectivity index (χ1) is 19.7. The van der Waals surface area contributed by atoms with Crippen molar-refractivity contribution in [1.82, 2.24) is 4.31 Å². The lowest BCUT2D eigenvalue weighted by molar-refractivity contribution is 0.0557. The van der Waals surface area contributed by atoms with Crippen molar-refractivity contribution in [3.05, 3.63) is 112 Å². The Morgan fingerprint density at radius 1 is 0.698 bits per heavy atom. The van der Waals surface area contributed by atoms with Crippen LogP contribution in [0.25, 0.3) is 10.8 Å². The van der Waals surface area contributed by atoms with Crippen LogP contribution in [-0.4, -0.2) is 32.3 Å². The van der Waals surface area contributed by atoms with Crippen LogP contribution in [0, 0.1) is 0 Å². The molecule has 4 rings (SSSR count). The smallest absolute Gasteiger partial charge is 0.320 e. The average Bonchev–Trinajstić information content (AvgIpc) is 2.91. The lowest BCUT2D eigenvalue weighted by atomic mass is 10.1. The van der Waals surface area contributed by atoms with Crippen molar-refractivity contribution in [2.45, 2.75) is 29.3 Å². The van der Waals surface area contributed by atoms with Crippen molar-refractivity contribution in [3.63, 3.8) is 0 Å². The number of fused-ring (bicyclic) bond motifs is 1. The molecule has 0 aliphatic rings. The Bertz CT molecular complexity index is 1880. The number of hydrogen-bond acceptors (Lipinski definition) is 4. The van der Waals surface area contributed by atoms with Crippen LogP contribution < -0.4 is 0 Å². The highest BCUT2D eigenvalue weighted by atomic mass is 79.9. The van der Waals surface area contributed by atoms with Gasteiger partial charge in [-0.3, -0.25) is 9.13 Å². The highest BCUT2D eigenvalue weighted by molar-refractivity contribution is 9.10. The Kier molecular flexibility index (Phi) is 9.18. The summed E-state index contributed by atoms with van der Waals surface area (Å²) in [7, 11) is -16.1. The number of halogens is 5. The molecule has 0 radical (unpaired) electrons. The number of sulfonamides is 1. The molecule has 4 N–H and O–H groups in total. The monoisotopic (exact) mass is 725 g/mol. The Balaban J connectivity index is 1.75. The maximum Gasteiger partial charge on any atom is 0.399 e. The molecule has 0 amide bonds. The second-order valence-corrected chi connectivity index (χ2v) is 15.6. The molecule has 0 aliphatic heterocycles. The van der Waals surface area contributed by atoms with Gasteiger partial charge in [0.15, 0.2) is 0 Å². The van der Waals surface area contributed by atoms with Gasteiger partial charge in [-0.25, -0.2) is 8.42 Å². The summed E-state index contributed by atoms with van der Waals surface area (Å²) in [6.07, 6.45) is 0. The summed E-state index contributed by atoms with van der Waals surface area (Å²) in [6.45, 7) is -0.884. The molecule has 230 valence electrons. The van der Waals surface area contributed by atoms with Crippen LogP contribution in [-0.2, 0) is 43.6 Å². The number of alkyl halides is 4. The largest absolute Gasteiger partial charge is 0.399 e. The fourth-order valence-electron chi connectivity index (χ4n) is 4.15. The van der Waals surface area contributed by atoms with E-state index in [0.29, 0.717) is 5.39 Å². The second kappa shape index (κ2) is 11.8. The number of rotatable bonds is 10. The highest BCUT2D eigenvalue weighted by Gasteiger charge is 2.52. The van der Waals surface area contributed by atoms with E-state index in [1.54, 1.807) is 30.3 Å². The van der Waals surface area contributed by atoms with E-state index in [-0.39, 0.29) is 16.0 Å². The zero-order chi connectivity index (χ0) is 32.0. The Morgan fingerprint density at radius 2 is 1.23 bits per heavy atom. The minimum Gasteiger partial charge on any atom is -0.320 e. The molecular weight excluding hydrogens is 704 g/mol. The molecule has 0 saturated heterocycles. The SMILES string of the molecule is O=P(O)(O)C(F)(F)c1ccc(CN(Cc2ccc(C(F)(F)P(=O)(O)O)c(Br)c2)S(=O)(=O)c2ccc3ccccc3c2)cc1. The third-order valence-electron chi connectivity index (χ3n) is 6.47. The van der Waals surface area contributed by atoms with Gasteiger partial charge in [-0.1, -0.05) is 82.7 Å². The molecule has 0 fully saturated rings. The molecule has 0 bridgehead atoms. The fraction of sp³-hybridized carbons (Fsp3) is 0.154. The molecule has 43 heavy (non-hydrogen) atoms. The van der Waals surface area contributed by atoms with Gasteiger partial charge in [0.25, 0.3) is 0 Å². The van der Waals surface area contributed by atoms with Crippen LogP contribution in [0.2, 0.25) is 0 Å². The second-order valence-electron chi connectivity index (χ2n) is 9.46. The van der Waals surface area contributed by atoms with E-state index in [1.165, 1.54) is 12.1 Å². The van der Waals surface area contributed by atoms with Gasteiger partial charge in [0.1, 0.15) is 0 Å². The minimum atomic E-state index is -5.89. The van der Waals surface area contributed by atoms with Crippen molar-refractivity contribution in [1.29, 1.82) is 0 Å². The van der Waals surface area contributed by atoms with Crippen LogP contribution in [0.1, 0.15) is 22.3 Å². The first-order valence-electron chi connectivity index (χ1n) is 12.0. The van der Waals surface area contributed by atoms with Gasteiger partial charge >= 0.3 is 26.5 Å². The molecule has 0 unspecified atom stereocenters. The highest BCUT2D eigenvalue weighted by Crippen LogP contribution is 2.61. The van der Waals surface area contributed by atoms with Gasteiger partial charge in [0, 0.05) is 28.7 Å². The lowest BCUT2D eigenvalue weighted by Crippen LogP contribution is -2.30. The summed E-state index contributed by atoms with van der Waals surface area (Å²) in [5.74, 6) is 0. The fourth-order valence-corrected chi connectivity index (χ4v) is 7.42. The van der Waals surface area contributed by atoms with E-state index in [0.717, 1.165) is 52.2 Å². The van der Waals surface area contributed by atoms with Gasteiger partial charge in [0.2, 0.25) is 10.0 Å². The lowest BCUT2D eigenvalue weighted by Gasteiger charge is -2.24. The van der Waals surface area contributed by atoms with Crippen molar-refractivity contribution >= 4 is 51.9 Å². The summed E-state index contributed by atoms with van der Waals surface area (Å²) in [6, 6.07) is 17.8. The van der Waals surface area contributed by atoms with E-state index >= 15 is 0 Å². The van der Waals surface area contributed by atoms with Crippen molar-refractivity contribution in [2.75, 3.05) is 0 Å². The molecule has 0 aromatic heterocycles. The molecule has 0 atom stereocenters. The van der Waals surface area contributed by atoms with E-state index in [9.17, 15) is 35.1 Å². The summed E-state index contributed by atoms with van der Waals surface area (Å²) in [5.41, 5.74) is -10.7. The molecule has 0 spiro atoms. The topological polar surface area (TPSA) is 152 Å². The van der Waals surface area contributed by atoms with Gasteiger partial charge in [-0.05, 0) is 40.1 Å². The van der Waals surface area contributed by atoms with Gasteiger partial charge in [0.05, 0.1) is 4.90 Å². The van der Waals surface area contributed by atoms with Crippen LogP contribution >= 0.6 is 31.1 Å². The summed E-state index contributed by atoms with van der Waals surface area (Å²) >= 11 is 2.87. The van der Waals surface area contributed by atoms with Crippen LogP contribution in [0.15, 0.2) is 94.3 Å². The average molecular weight is 726 g/mol. The third kappa shape index (κ3) is 6.80. The summed E-state index contributed by atoms with van der Waals surface area (Å²) in [4.78, 5) is 36.0. The van der Waals surface area contributed by atoms with Crippen LogP contribution in [0.5, 0.6) is 0 Å². The molecule has 4 aromatic carbocycles. The third-order valence-corrected chi connectivity index (χ3v) is 10.9. The Morgan fingerprint density at radius 3 is 1.79 bits per heavy atom. The molecule has 17 heteroatoms. The predicted molar refractivity (Wildman–Crippen MR) is 153 cm³/mol. The van der Waals surface area contributed by atoms with E-state index in [2.05, 4.69) is 15.9 Å². The molecule has 9 nitrogen and oxygen atoms in total. The van der Waals surface area contributed by atoms with E-state index in [4.69, 9.17) is 19.6 Å². The van der Waals surface area contributed by atoms with Crippen molar-refractivity contribution in [2.24, 2.45) is 0 Å². The van der Waals surface area contributed by atoms with Crippen molar-refractivity contribution in [3.8, 4) is 0 Å². The number of hydrogen-bond donors (Lipinski definition) is 4. The van der Waals surface area contributed by atoms with E-state index < -0.39 is 65.2 Å². The molecule has 0 saturated carbocycles. The number of nitrogens with zero attached hydrogens (tertiary/aromatic N) is 1. The number of benzene rings is 4. The zero-order valence-electron chi connectivity index (χ0n) is 21.6. The van der Waals surface area contributed by atoms with Gasteiger partial charge in [-0.2, -0.15) is 21.9 Å². The van der Waals surface area contributed by atoms with Gasteiger partial charge in [-0.15, -0.1) is 0 Å². The maximum absolute atomic E-state index is 14.3. The molecule has 0 heterocycles. The minimum absolute atomic E-state index is 0.131. The van der Waals surface area contributed by atoms with Crippen molar-refractivity contribution < 1.29 is 54.7 Å². The van der Waals surface area contributed by atoms with Gasteiger partial charge < -0.3 is 19.6 Å². The zero-order valence-corrected chi connectivity index (χ0v) is 25.8. The maximum atomic E-state index is 14.3. The Labute approximate surface area is 251 Å². The summed E-state index contributed by atoms with van der Waals surface area (Å²) in [5, 5.41) is 1.35. The molecular formula is C26H22BrF4NO8P2S. The normalized spacial score (nSPS) is 13.5. The predicted octanol–water partition coefficient (Wildman–Crippen LogP) is 6.45. The standard InChI is InChI=1S/C26H22BrF4NO8P2S/c27-24-13-18(7-12-23(24)26(30,31)42(36,37)38)16-32(15-17-5-9-21(10-6-17)25(28,29)41(33,34)35)43(39,40)22-11-8-19-3-1-2-4-20(19)14-22/h1-14H,15-16H2,(H2,33,34,35)(H2,36,37,38). The Hall–Kier alpha value is -2.45. The molecule has 4 aromatic rings. The molecule has 0 aliphatic carbocycles.